The van der Waals surface area contributed by atoms with Gasteiger partial charge in [0, 0.05) is 39.3 Å². The van der Waals surface area contributed by atoms with Gasteiger partial charge in [0.05, 0.1) is 12.2 Å². The van der Waals surface area contributed by atoms with Crippen molar-refractivity contribution >= 4 is 5.91 Å². The number of rotatable bonds is 7. The number of amides is 1. The van der Waals surface area contributed by atoms with Gasteiger partial charge in [-0.3, -0.25) is 4.79 Å². The minimum Gasteiger partial charge on any atom is -0.383 e. The lowest BCUT2D eigenvalue weighted by molar-refractivity contribution is -0.121. The Hall–Kier alpha value is -0.650. The van der Waals surface area contributed by atoms with E-state index in [0.717, 1.165) is 26.0 Å². The first-order chi connectivity index (χ1) is 9.74. The number of ether oxygens (including phenoxy) is 2. The first-order valence-corrected chi connectivity index (χ1v) is 7.87. The molecule has 116 valence electrons. The largest absolute Gasteiger partial charge is 0.383 e. The first kappa shape index (κ1) is 15.7. The van der Waals surface area contributed by atoms with Crippen molar-refractivity contribution in [3.8, 4) is 0 Å². The molecule has 2 N–H and O–H groups in total. The van der Waals surface area contributed by atoms with E-state index >= 15 is 0 Å². The summed E-state index contributed by atoms with van der Waals surface area (Å²) in [6, 6.07) is 0.508. The molecule has 2 fully saturated rings. The summed E-state index contributed by atoms with van der Waals surface area (Å²) >= 11 is 0. The minimum atomic E-state index is 0.0946. The fraction of sp³-hybridized carbons (Fsp3) is 0.933. The summed E-state index contributed by atoms with van der Waals surface area (Å²) in [6.07, 6.45) is 7.73. The monoisotopic (exact) mass is 284 g/mol. The molecule has 1 saturated carbocycles. The smallest absolute Gasteiger partial charge is 0.221 e. The van der Waals surface area contributed by atoms with Crippen LogP contribution in [0.4, 0.5) is 0 Å². The van der Waals surface area contributed by atoms with E-state index in [1.54, 1.807) is 7.11 Å². The maximum atomic E-state index is 11.6. The Labute approximate surface area is 121 Å². The molecule has 0 aromatic heterocycles. The maximum absolute atomic E-state index is 11.6. The number of carbonyl (C=O) groups excluding carboxylic acids is 1. The molecular formula is C15H28N2O3. The average Bonchev–Trinajstić information content (AvgIpc) is 2.87. The molecule has 1 heterocycles. The van der Waals surface area contributed by atoms with Crippen molar-refractivity contribution < 1.29 is 14.3 Å². The number of methoxy groups -OCH3 is 1. The summed E-state index contributed by atoms with van der Waals surface area (Å²) in [5, 5.41) is 6.36. The third-order valence-corrected chi connectivity index (χ3v) is 4.42. The molecule has 1 atom stereocenters. The Kier molecular flexibility index (Phi) is 6.26. The van der Waals surface area contributed by atoms with Gasteiger partial charge in [-0.1, -0.05) is 12.8 Å². The van der Waals surface area contributed by atoms with Crippen LogP contribution in [-0.2, 0) is 14.3 Å². The highest BCUT2D eigenvalue weighted by atomic mass is 16.5. The van der Waals surface area contributed by atoms with E-state index in [1.807, 2.05) is 0 Å². The van der Waals surface area contributed by atoms with Crippen molar-refractivity contribution in [2.75, 3.05) is 33.4 Å². The van der Waals surface area contributed by atoms with E-state index in [1.165, 1.54) is 25.7 Å². The lowest BCUT2D eigenvalue weighted by Gasteiger charge is -2.38. The van der Waals surface area contributed by atoms with Crippen LogP contribution in [0.5, 0.6) is 0 Å². The number of nitrogens with one attached hydrogen (secondary N) is 2. The van der Waals surface area contributed by atoms with Crippen LogP contribution >= 0.6 is 0 Å². The van der Waals surface area contributed by atoms with Gasteiger partial charge in [0.25, 0.3) is 0 Å². The molecule has 1 saturated heterocycles. The van der Waals surface area contributed by atoms with Gasteiger partial charge in [-0.05, 0) is 25.7 Å². The van der Waals surface area contributed by atoms with Gasteiger partial charge < -0.3 is 20.1 Å². The van der Waals surface area contributed by atoms with Crippen LogP contribution in [0.15, 0.2) is 0 Å². The predicted octanol–water partition coefficient (Wildman–Crippen LogP) is 1.22. The van der Waals surface area contributed by atoms with Crippen LogP contribution in [-0.4, -0.2) is 51.0 Å². The molecular weight excluding hydrogens is 256 g/mol. The molecule has 0 radical (unpaired) electrons. The zero-order valence-electron chi connectivity index (χ0n) is 12.6. The molecule has 0 aromatic carbocycles. The van der Waals surface area contributed by atoms with E-state index in [-0.39, 0.29) is 11.5 Å². The molecule has 20 heavy (non-hydrogen) atoms. The van der Waals surface area contributed by atoms with Crippen molar-refractivity contribution in [3.63, 3.8) is 0 Å². The van der Waals surface area contributed by atoms with E-state index in [9.17, 15) is 4.79 Å². The van der Waals surface area contributed by atoms with Crippen LogP contribution in [0.3, 0.4) is 0 Å². The fourth-order valence-electron chi connectivity index (χ4n) is 3.34. The Morgan fingerprint density at radius 2 is 2.15 bits per heavy atom. The number of hydrogen-bond acceptors (Lipinski definition) is 4. The summed E-state index contributed by atoms with van der Waals surface area (Å²) < 4.78 is 10.9. The lowest BCUT2D eigenvalue weighted by Crippen LogP contribution is -2.46. The topological polar surface area (TPSA) is 59.6 Å². The molecule has 5 heteroatoms. The highest BCUT2D eigenvalue weighted by molar-refractivity contribution is 5.76. The summed E-state index contributed by atoms with van der Waals surface area (Å²) in [7, 11) is 1.64. The summed E-state index contributed by atoms with van der Waals surface area (Å²) in [5.41, 5.74) is 0.149. The van der Waals surface area contributed by atoms with E-state index in [0.29, 0.717) is 25.6 Å². The van der Waals surface area contributed by atoms with Crippen LogP contribution in [0, 0.1) is 0 Å². The molecule has 2 aliphatic rings. The quantitative estimate of drug-likeness (QED) is 0.690. The van der Waals surface area contributed by atoms with Crippen molar-refractivity contribution in [1.82, 2.24) is 10.6 Å². The maximum Gasteiger partial charge on any atom is 0.221 e. The van der Waals surface area contributed by atoms with E-state index < -0.39 is 0 Å². The van der Waals surface area contributed by atoms with Crippen LogP contribution in [0.25, 0.3) is 0 Å². The van der Waals surface area contributed by atoms with Gasteiger partial charge in [-0.15, -0.1) is 0 Å². The second kappa shape index (κ2) is 7.96. The average molecular weight is 284 g/mol. The second-order valence-corrected chi connectivity index (χ2v) is 5.98. The standard InChI is InChI=1S/C15H28N2O3/c1-19-11-9-17-14(18)4-8-16-13-5-10-20-15(12-13)6-2-3-7-15/h13,16H,2-12H2,1H3,(H,17,18). The molecule has 1 spiro atoms. The predicted molar refractivity (Wildman–Crippen MR) is 77.7 cm³/mol. The second-order valence-electron chi connectivity index (χ2n) is 5.98. The van der Waals surface area contributed by atoms with Gasteiger partial charge in [0.1, 0.15) is 0 Å². The summed E-state index contributed by atoms with van der Waals surface area (Å²) in [5.74, 6) is 0.0946. The van der Waals surface area contributed by atoms with Crippen molar-refractivity contribution in [2.45, 2.75) is 56.6 Å². The van der Waals surface area contributed by atoms with Gasteiger partial charge in [-0.25, -0.2) is 0 Å². The van der Waals surface area contributed by atoms with Crippen molar-refractivity contribution in [3.05, 3.63) is 0 Å². The van der Waals surface area contributed by atoms with Gasteiger partial charge in [-0.2, -0.15) is 0 Å². The van der Waals surface area contributed by atoms with Gasteiger partial charge in [0.15, 0.2) is 0 Å². The van der Waals surface area contributed by atoms with Crippen molar-refractivity contribution in [2.24, 2.45) is 0 Å². The van der Waals surface area contributed by atoms with Crippen molar-refractivity contribution in [1.29, 1.82) is 0 Å². The van der Waals surface area contributed by atoms with E-state index in [2.05, 4.69) is 10.6 Å². The Bertz CT molecular complexity index is 303. The number of carbonyl (C=O) groups is 1. The fourth-order valence-corrected chi connectivity index (χ4v) is 3.34. The molecule has 1 unspecified atom stereocenters. The minimum absolute atomic E-state index is 0.0946. The van der Waals surface area contributed by atoms with E-state index in [4.69, 9.17) is 9.47 Å². The molecule has 2 rings (SSSR count). The summed E-state index contributed by atoms with van der Waals surface area (Å²) in [4.78, 5) is 11.6. The number of hydrogen-bond donors (Lipinski definition) is 2. The van der Waals surface area contributed by atoms with Crippen LogP contribution < -0.4 is 10.6 Å². The lowest BCUT2D eigenvalue weighted by atomic mass is 9.89. The zero-order chi connectivity index (χ0) is 14.3. The first-order valence-electron chi connectivity index (χ1n) is 7.87. The third kappa shape index (κ3) is 4.72. The van der Waals surface area contributed by atoms with Gasteiger partial charge >= 0.3 is 0 Å². The molecule has 1 aliphatic carbocycles. The highest BCUT2D eigenvalue weighted by Crippen LogP contribution is 2.39. The Morgan fingerprint density at radius 3 is 2.90 bits per heavy atom. The molecule has 0 aromatic rings. The summed E-state index contributed by atoms with van der Waals surface area (Å²) in [6.45, 7) is 2.77. The Balaban J connectivity index is 1.60. The van der Waals surface area contributed by atoms with Crippen LogP contribution in [0.1, 0.15) is 44.9 Å². The Morgan fingerprint density at radius 1 is 1.35 bits per heavy atom. The highest BCUT2D eigenvalue weighted by Gasteiger charge is 2.39. The molecule has 5 nitrogen and oxygen atoms in total. The zero-order valence-corrected chi connectivity index (χ0v) is 12.6. The van der Waals surface area contributed by atoms with Gasteiger partial charge in [0.2, 0.25) is 5.91 Å². The SMILES string of the molecule is COCCNC(=O)CCNC1CCOC2(CCCC2)C1. The molecule has 1 amide bonds. The molecule has 1 aliphatic heterocycles. The third-order valence-electron chi connectivity index (χ3n) is 4.42. The molecule has 0 bridgehead atoms. The normalized spacial score (nSPS) is 24.9. The van der Waals surface area contributed by atoms with Crippen LogP contribution in [0.2, 0.25) is 0 Å².